The van der Waals surface area contributed by atoms with Crippen molar-refractivity contribution in [2.24, 2.45) is 0 Å². The Hall–Kier alpha value is -2.21. The van der Waals surface area contributed by atoms with Gasteiger partial charge in [0.05, 0.1) is 10.4 Å². The van der Waals surface area contributed by atoms with Crippen LogP contribution in [0.4, 0.5) is 0 Å². The molecule has 3 rings (SSSR count). The van der Waals surface area contributed by atoms with Gasteiger partial charge in [0.1, 0.15) is 11.3 Å². The first-order valence-corrected chi connectivity index (χ1v) is 7.95. The Kier molecular flexibility index (Phi) is 2.83. The first-order valence-electron chi connectivity index (χ1n) is 6.06. The standard InChI is InChI=1S/C14H13N3O2S/c1-9-6-10(8-15-7-9)14-16-11-4-3-5-12(13(11)17-14)20(2,18)19/h3-8H,1-2H3,(H,16,17). The summed E-state index contributed by atoms with van der Waals surface area (Å²) in [7, 11) is -3.30. The summed E-state index contributed by atoms with van der Waals surface area (Å²) in [5.74, 6) is 0.618. The van der Waals surface area contributed by atoms with E-state index < -0.39 is 9.84 Å². The van der Waals surface area contributed by atoms with Gasteiger partial charge in [-0.1, -0.05) is 6.07 Å². The third-order valence-corrected chi connectivity index (χ3v) is 4.15. The third kappa shape index (κ3) is 2.18. The number of nitrogens with zero attached hydrogens (tertiary/aromatic N) is 2. The highest BCUT2D eigenvalue weighted by Crippen LogP contribution is 2.25. The maximum atomic E-state index is 11.8. The van der Waals surface area contributed by atoms with Crippen LogP contribution in [-0.4, -0.2) is 29.6 Å². The summed E-state index contributed by atoms with van der Waals surface area (Å²) < 4.78 is 23.6. The first kappa shape index (κ1) is 12.8. The fourth-order valence-corrected chi connectivity index (χ4v) is 2.96. The molecule has 0 saturated heterocycles. The van der Waals surface area contributed by atoms with Gasteiger partial charge < -0.3 is 4.98 Å². The molecular weight excluding hydrogens is 274 g/mol. The van der Waals surface area contributed by atoms with Crippen molar-refractivity contribution >= 4 is 20.9 Å². The summed E-state index contributed by atoms with van der Waals surface area (Å²) in [5, 5.41) is 0. The molecule has 0 fully saturated rings. The van der Waals surface area contributed by atoms with E-state index in [-0.39, 0.29) is 4.90 Å². The number of benzene rings is 1. The number of rotatable bonds is 2. The Morgan fingerprint density at radius 2 is 2.00 bits per heavy atom. The molecule has 2 heterocycles. The maximum absolute atomic E-state index is 11.8. The number of aryl methyl sites for hydroxylation is 1. The van der Waals surface area contributed by atoms with Gasteiger partial charge in [0, 0.05) is 24.2 Å². The summed E-state index contributed by atoms with van der Waals surface area (Å²) >= 11 is 0. The molecule has 0 bridgehead atoms. The van der Waals surface area contributed by atoms with E-state index in [1.807, 2.05) is 19.1 Å². The Morgan fingerprint density at radius 1 is 1.20 bits per heavy atom. The van der Waals surface area contributed by atoms with Crippen molar-refractivity contribution in [1.82, 2.24) is 15.0 Å². The number of H-pyrrole nitrogens is 1. The number of aromatic amines is 1. The predicted molar refractivity (Wildman–Crippen MR) is 77.2 cm³/mol. The number of imidazole rings is 1. The minimum atomic E-state index is -3.30. The average molecular weight is 287 g/mol. The van der Waals surface area contributed by atoms with Crippen LogP contribution in [0.1, 0.15) is 5.56 Å². The van der Waals surface area contributed by atoms with Crippen molar-refractivity contribution < 1.29 is 8.42 Å². The number of sulfone groups is 1. The molecular formula is C14H13N3O2S. The zero-order valence-corrected chi connectivity index (χ0v) is 11.9. The van der Waals surface area contributed by atoms with Gasteiger partial charge in [-0.25, -0.2) is 13.4 Å². The second kappa shape index (κ2) is 4.42. The molecule has 0 unspecified atom stereocenters. The number of para-hydroxylation sites is 1. The summed E-state index contributed by atoms with van der Waals surface area (Å²) in [6.07, 6.45) is 4.64. The van der Waals surface area contributed by atoms with Crippen LogP contribution in [0.5, 0.6) is 0 Å². The Morgan fingerprint density at radius 3 is 2.70 bits per heavy atom. The van der Waals surface area contributed by atoms with E-state index in [1.165, 1.54) is 6.26 Å². The van der Waals surface area contributed by atoms with Crippen molar-refractivity contribution in [3.63, 3.8) is 0 Å². The molecule has 3 aromatic rings. The van der Waals surface area contributed by atoms with E-state index in [0.717, 1.165) is 11.1 Å². The molecule has 0 atom stereocenters. The molecule has 0 amide bonds. The van der Waals surface area contributed by atoms with Gasteiger partial charge in [0.2, 0.25) is 0 Å². The van der Waals surface area contributed by atoms with Gasteiger partial charge in [0.25, 0.3) is 0 Å². The topological polar surface area (TPSA) is 75.7 Å². The fraction of sp³-hybridized carbons (Fsp3) is 0.143. The second-order valence-electron chi connectivity index (χ2n) is 4.76. The van der Waals surface area contributed by atoms with E-state index in [4.69, 9.17) is 0 Å². The lowest BCUT2D eigenvalue weighted by Crippen LogP contribution is -1.97. The van der Waals surface area contributed by atoms with Crippen molar-refractivity contribution in [2.75, 3.05) is 6.26 Å². The number of hydrogen-bond acceptors (Lipinski definition) is 4. The minimum Gasteiger partial charge on any atom is -0.338 e. The Bertz CT molecular complexity index is 898. The molecule has 0 radical (unpaired) electrons. The van der Waals surface area contributed by atoms with E-state index in [0.29, 0.717) is 16.9 Å². The van der Waals surface area contributed by atoms with Crippen LogP contribution in [0.2, 0.25) is 0 Å². The Balaban J connectivity index is 2.26. The van der Waals surface area contributed by atoms with Crippen LogP contribution in [-0.2, 0) is 9.84 Å². The lowest BCUT2D eigenvalue weighted by Gasteiger charge is -1.98. The average Bonchev–Trinajstić information content (AvgIpc) is 2.81. The highest BCUT2D eigenvalue weighted by atomic mass is 32.2. The van der Waals surface area contributed by atoms with Crippen molar-refractivity contribution in [1.29, 1.82) is 0 Å². The molecule has 5 nitrogen and oxygen atoms in total. The number of aromatic nitrogens is 3. The molecule has 102 valence electrons. The summed E-state index contributed by atoms with van der Waals surface area (Å²) in [6.45, 7) is 1.95. The SMILES string of the molecule is Cc1cncc(-c2nc3c(S(C)(=O)=O)cccc3[nH]2)c1. The molecule has 20 heavy (non-hydrogen) atoms. The van der Waals surface area contributed by atoms with Gasteiger partial charge in [-0.2, -0.15) is 0 Å². The highest BCUT2D eigenvalue weighted by Gasteiger charge is 2.15. The van der Waals surface area contributed by atoms with Crippen LogP contribution in [0.25, 0.3) is 22.4 Å². The van der Waals surface area contributed by atoms with E-state index in [2.05, 4.69) is 15.0 Å². The smallest absolute Gasteiger partial charge is 0.177 e. The lowest BCUT2D eigenvalue weighted by atomic mass is 10.2. The number of fused-ring (bicyclic) bond motifs is 1. The van der Waals surface area contributed by atoms with Gasteiger partial charge in [-0.15, -0.1) is 0 Å². The van der Waals surface area contributed by atoms with Gasteiger partial charge in [-0.3, -0.25) is 4.98 Å². The highest BCUT2D eigenvalue weighted by molar-refractivity contribution is 7.91. The maximum Gasteiger partial charge on any atom is 0.177 e. The quantitative estimate of drug-likeness (QED) is 0.785. The fourth-order valence-electron chi connectivity index (χ4n) is 2.13. The first-order chi connectivity index (χ1) is 9.45. The van der Waals surface area contributed by atoms with Crippen LogP contribution in [0, 0.1) is 6.92 Å². The van der Waals surface area contributed by atoms with Gasteiger partial charge in [-0.05, 0) is 30.7 Å². The van der Waals surface area contributed by atoms with E-state index in [1.54, 1.807) is 24.5 Å². The van der Waals surface area contributed by atoms with Crippen molar-refractivity contribution in [3.05, 3.63) is 42.2 Å². The molecule has 0 aliphatic carbocycles. The molecule has 0 aliphatic heterocycles. The summed E-state index contributed by atoms with van der Waals surface area (Å²) in [6, 6.07) is 7.03. The zero-order chi connectivity index (χ0) is 14.3. The minimum absolute atomic E-state index is 0.234. The summed E-state index contributed by atoms with van der Waals surface area (Å²) in [5.41, 5.74) is 3.02. The van der Waals surface area contributed by atoms with Crippen LogP contribution < -0.4 is 0 Å². The molecule has 6 heteroatoms. The molecule has 0 aliphatic rings. The predicted octanol–water partition coefficient (Wildman–Crippen LogP) is 2.34. The number of nitrogens with one attached hydrogen (secondary N) is 1. The molecule has 0 spiro atoms. The number of hydrogen-bond donors (Lipinski definition) is 1. The molecule has 2 aromatic heterocycles. The monoisotopic (exact) mass is 287 g/mol. The van der Waals surface area contributed by atoms with Crippen LogP contribution in [0.15, 0.2) is 41.6 Å². The van der Waals surface area contributed by atoms with Crippen LogP contribution >= 0.6 is 0 Å². The van der Waals surface area contributed by atoms with Gasteiger partial charge in [0.15, 0.2) is 9.84 Å². The third-order valence-electron chi connectivity index (χ3n) is 3.02. The zero-order valence-electron chi connectivity index (χ0n) is 11.1. The molecule has 0 saturated carbocycles. The van der Waals surface area contributed by atoms with Crippen molar-refractivity contribution in [3.8, 4) is 11.4 Å². The van der Waals surface area contributed by atoms with E-state index >= 15 is 0 Å². The van der Waals surface area contributed by atoms with Crippen LogP contribution in [0.3, 0.4) is 0 Å². The second-order valence-corrected chi connectivity index (χ2v) is 6.75. The van der Waals surface area contributed by atoms with Crippen molar-refractivity contribution in [2.45, 2.75) is 11.8 Å². The largest absolute Gasteiger partial charge is 0.338 e. The number of pyridine rings is 1. The summed E-state index contributed by atoms with van der Waals surface area (Å²) in [4.78, 5) is 11.9. The molecule has 1 N–H and O–H groups in total. The Labute approximate surface area is 116 Å². The van der Waals surface area contributed by atoms with E-state index in [9.17, 15) is 8.42 Å². The normalized spacial score (nSPS) is 11.9. The van der Waals surface area contributed by atoms with Gasteiger partial charge >= 0.3 is 0 Å². The lowest BCUT2D eigenvalue weighted by molar-refractivity contribution is 0.602. The molecule has 1 aromatic carbocycles.